The van der Waals surface area contributed by atoms with Gasteiger partial charge in [-0.25, -0.2) is 4.99 Å². The van der Waals surface area contributed by atoms with Crippen LogP contribution in [0, 0.1) is 5.92 Å². The minimum absolute atomic E-state index is 0.0722. The summed E-state index contributed by atoms with van der Waals surface area (Å²) in [6.45, 7) is 8.68. The Morgan fingerprint density at radius 2 is 1.86 bits per heavy atom. The largest absolute Gasteiger partial charge is 0.357 e. The van der Waals surface area contributed by atoms with Crippen molar-refractivity contribution in [2.75, 3.05) is 20.1 Å². The van der Waals surface area contributed by atoms with E-state index in [1.54, 1.807) is 7.05 Å². The smallest absolute Gasteiger partial charge is 0.251 e. The normalized spacial score (nSPS) is 11.4. The first-order valence-electron chi connectivity index (χ1n) is 7.40. The van der Waals surface area contributed by atoms with Gasteiger partial charge < -0.3 is 16.0 Å². The summed E-state index contributed by atoms with van der Waals surface area (Å²) in [6, 6.07) is 7.50. The number of nitrogens with zero attached hydrogens (tertiary/aromatic N) is 1. The van der Waals surface area contributed by atoms with E-state index in [0.717, 1.165) is 24.6 Å². The van der Waals surface area contributed by atoms with Gasteiger partial charge >= 0.3 is 0 Å². The Balaban J connectivity index is 2.64. The third-order valence-electron chi connectivity index (χ3n) is 2.88. The molecule has 1 aromatic rings. The molecule has 0 bridgehead atoms. The van der Waals surface area contributed by atoms with E-state index in [9.17, 15) is 4.79 Å². The number of carbonyl (C=O) groups excluding carboxylic acids is 1. The van der Waals surface area contributed by atoms with E-state index in [1.807, 2.05) is 31.2 Å². The number of amides is 1. The van der Waals surface area contributed by atoms with Crippen molar-refractivity contribution in [2.45, 2.75) is 27.3 Å². The zero-order valence-corrected chi connectivity index (χ0v) is 13.4. The van der Waals surface area contributed by atoms with Crippen molar-refractivity contribution in [3.63, 3.8) is 0 Å². The summed E-state index contributed by atoms with van der Waals surface area (Å²) in [6.07, 6.45) is 0. The number of benzene rings is 1. The maximum Gasteiger partial charge on any atom is 0.251 e. The van der Waals surface area contributed by atoms with E-state index in [-0.39, 0.29) is 5.91 Å². The lowest BCUT2D eigenvalue weighted by Crippen LogP contribution is -2.39. The zero-order chi connectivity index (χ0) is 15.7. The van der Waals surface area contributed by atoms with Crippen LogP contribution in [0.25, 0.3) is 0 Å². The van der Waals surface area contributed by atoms with E-state index in [4.69, 9.17) is 0 Å². The number of carbonyl (C=O) groups is 1. The van der Waals surface area contributed by atoms with Gasteiger partial charge in [0.25, 0.3) is 5.91 Å². The molecule has 5 heteroatoms. The minimum atomic E-state index is -0.0722. The predicted molar refractivity (Wildman–Crippen MR) is 87.5 cm³/mol. The monoisotopic (exact) mass is 290 g/mol. The van der Waals surface area contributed by atoms with Gasteiger partial charge in [-0.15, -0.1) is 0 Å². The highest BCUT2D eigenvalue weighted by Gasteiger charge is 2.03. The Labute approximate surface area is 127 Å². The molecular weight excluding hydrogens is 264 g/mol. The third-order valence-corrected chi connectivity index (χ3v) is 2.88. The average molecular weight is 290 g/mol. The lowest BCUT2D eigenvalue weighted by atomic mass is 10.1. The molecule has 0 fully saturated rings. The van der Waals surface area contributed by atoms with Gasteiger partial charge in [0.1, 0.15) is 0 Å². The molecule has 1 aromatic carbocycles. The van der Waals surface area contributed by atoms with Crippen LogP contribution in [0.2, 0.25) is 0 Å². The predicted octanol–water partition coefficient (Wildman–Crippen LogP) is 1.76. The number of guanidine groups is 1. The average Bonchev–Trinajstić information content (AvgIpc) is 2.49. The van der Waals surface area contributed by atoms with E-state index in [0.29, 0.717) is 18.0 Å². The molecule has 1 amide bonds. The van der Waals surface area contributed by atoms with Crippen molar-refractivity contribution < 1.29 is 4.79 Å². The van der Waals surface area contributed by atoms with Gasteiger partial charge in [-0.1, -0.05) is 26.0 Å². The second-order valence-electron chi connectivity index (χ2n) is 5.25. The Hall–Kier alpha value is -2.04. The first kappa shape index (κ1) is 17.0. The summed E-state index contributed by atoms with van der Waals surface area (Å²) >= 11 is 0. The molecule has 21 heavy (non-hydrogen) atoms. The number of nitrogens with one attached hydrogen (secondary N) is 3. The van der Waals surface area contributed by atoms with Crippen LogP contribution >= 0.6 is 0 Å². The van der Waals surface area contributed by atoms with Gasteiger partial charge in [0.2, 0.25) is 0 Å². The molecule has 3 N–H and O–H groups in total. The fourth-order valence-electron chi connectivity index (χ4n) is 1.72. The summed E-state index contributed by atoms with van der Waals surface area (Å²) in [5.74, 6) is 1.32. The molecule has 116 valence electrons. The van der Waals surface area contributed by atoms with Gasteiger partial charge in [-0.3, -0.25) is 4.79 Å². The van der Waals surface area contributed by atoms with Crippen LogP contribution in [0.5, 0.6) is 0 Å². The fourth-order valence-corrected chi connectivity index (χ4v) is 1.72. The standard InChI is InChI=1S/C16H26N4O/c1-5-18-16(19-10-12(2)3)20-11-13-6-8-14(9-7-13)15(21)17-4/h6-9,12H,5,10-11H2,1-4H3,(H,17,21)(H2,18,19,20). The van der Waals surface area contributed by atoms with Crippen LogP contribution < -0.4 is 16.0 Å². The van der Waals surface area contributed by atoms with E-state index in [1.165, 1.54) is 0 Å². The van der Waals surface area contributed by atoms with E-state index < -0.39 is 0 Å². The number of rotatable bonds is 6. The molecule has 5 nitrogen and oxygen atoms in total. The minimum Gasteiger partial charge on any atom is -0.357 e. The summed E-state index contributed by atoms with van der Waals surface area (Å²) in [7, 11) is 1.63. The number of aliphatic imine (C=N–C) groups is 1. The lowest BCUT2D eigenvalue weighted by molar-refractivity contribution is 0.0963. The topological polar surface area (TPSA) is 65.5 Å². The van der Waals surface area contributed by atoms with Gasteiger partial charge in [0.05, 0.1) is 6.54 Å². The molecule has 0 unspecified atom stereocenters. The SMILES string of the molecule is CCNC(=NCc1ccc(C(=O)NC)cc1)NCC(C)C. The quantitative estimate of drug-likeness (QED) is 0.552. The van der Waals surface area contributed by atoms with Crippen molar-refractivity contribution in [3.8, 4) is 0 Å². The Morgan fingerprint density at radius 3 is 2.38 bits per heavy atom. The molecule has 1 rings (SSSR count). The molecule has 0 aliphatic rings. The molecule has 0 spiro atoms. The maximum absolute atomic E-state index is 11.5. The molecule has 0 saturated heterocycles. The third kappa shape index (κ3) is 6.29. The first-order valence-corrected chi connectivity index (χ1v) is 7.40. The Morgan fingerprint density at radius 1 is 1.19 bits per heavy atom. The van der Waals surface area contributed by atoms with Crippen LogP contribution in [0.4, 0.5) is 0 Å². The van der Waals surface area contributed by atoms with E-state index >= 15 is 0 Å². The van der Waals surface area contributed by atoms with Gasteiger partial charge in [-0.2, -0.15) is 0 Å². The van der Waals surface area contributed by atoms with Crippen LogP contribution in [0.1, 0.15) is 36.7 Å². The summed E-state index contributed by atoms with van der Waals surface area (Å²) in [5.41, 5.74) is 1.74. The molecule has 0 aliphatic carbocycles. The zero-order valence-electron chi connectivity index (χ0n) is 13.4. The second kappa shape index (κ2) is 9.00. The highest BCUT2D eigenvalue weighted by molar-refractivity contribution is 5.93. The van der Waals surface area contributed by atoms with Gasteiger partial charge in [0.15, 0.2) is 5.96 Å². The molecule has 0 aromatic heterocycles. The van der Waals surface area contributed by atoms with Crippen LogP contribution in [-0.2, 0) is 6.54 Å². The second-order valence-corrected chi connectivity index (χ2v) is 5.25. The van der Waals surface area contributed by atoms with Gasteiger partial charge in [0, 0.05) is 25.7 Å². The summed E-state index contributed by atoms with van der Waals surface area (Å²) in [4.78, 5) is 16.0. The van der Waals surface area contributed by atoms with Crippen LogP contribution in [0.3, 0.4) is 0 Å². The van der Waals surface area contributed by atoms with Crippen molar-refractivity contribution in [2.24, 2.45) is 10.9 Å². The van der Waals surface area contributed by atoms with Crippen LogP contribution in [-0.4, -0.2) is 32.0 Å². The van der Waals surface area contributed by atoms with Crippen molar-refractivity contribution >= 4 is 11.9 Å². The number of hydrogen-bond donors (Lipinski definition) is 3. The molecular formula is C16H26N4O. The molecule has 0 atom stereocenters. The first-order chi connectivity index (χ1) is 10.1. The summed E-state index contributed by atoms with van der Waals surface area (Å²) < 4.78 is 0. The Kier molecular flexibility index (Phi) is 7.29. The maximum atomic E-state index is 11.5. The van der Waals surface area contributed by atoms with Crippen molar-refractivity contribution in [3.05, 3.63) is 35.4 Å². The molecule has 0 heterocycles. The van der Waals surface area contributed by atoms with Crippen molar-refractivity contribution in [1.82, 2.24) is 16.0 Å². The molecule has 0 radical (unpaired) electrons. The van der Waals surface area contributed by atoms with Crippen molar-refractivity contribution in [1.29, 1.82) is 0 Å². The lowest BCUT2D eigenvalue weighted by Gasteiger charge is -2.13. The fraction of sp³-hybridized carbons (Fsp3) is 0.500. The highest BCUT2D eigenvalue weighted by atomic mass is 16.1. The van der Waals surface area contributed by atoms with Crippen LogP contribution in [0.15, 0.2) is 29.3 Å². The highest BCUT2D eigenvalue weighted by Crippen LogP contribution is 2.05. The number of hydrogen-bond acceptors (Lipinski definition) is 2. The molecule has 0 saturated carbocycles. The Bertz CT molecular complexity index is 466. The van der Waals surface area contributed by atoms with E-state index in [2.05, 4.69) is 34.8 Å². The molecule has 0 aliphatic heterocycles. The van der Waals surface area contributed by atoms with Gasteiger partial charge in [-0.05, 0) is 30.5 Å². The summed E-state index contributed by atoms with van der Waals surface area (Å²) in [5, 5.41) is 9.13.